The Bertz CT molecular complexity index is 630. The van der Waals surface area contributed by atoms with Crippen molar-refractivity contribution in [3.63, 3.8) is 0 Å². The molecule has 0 saturated carbocycles. The zero-order chi connectivity index (χ0) is 14.9. The van der Waals surface area contributed by atoms with Crippen LogP contribution >= 0.6 is 0 Å². The molecule has 0 spiro atoms. The number of para-hydroxylation sites is 1. The minimum atomic E-state index is -0.0867. The Labute approximate surface area is 126 Å². The third-order valence-electron chi connectivity index (χ3n) is 5.45. The molecule has 0 radical (unpaired) electrons. The van der Waals surface area contributed by atoms with Crippen LogP contribution in [0.4, 0.5) is 11.4 Å². The van der Waals surface area contributed by atoms with E-state index in [0.29, 0.717) is 12.0 Å². The summed E-state index contributed by atoms with van der Waals surface area (Å²) in [5, 5.41) is 3.07. The van der Waals surface area contributed by atoms with E-state index < -0.39 is 0 Å². The molecule has 1 unspecified atom stereocenters. The van der Waals surface area contributed by atoms with E-state index in [1.54, 1.807) is 0 Å². The van der Waals surface area contributed by atoms with Crippen LogP contribution < -0.4 is 10.2 Å². The molecule has 0 bridgehead atoms. The number of amides is 1. The number of nitrogens with one attached hydrogen (secondary N) is 1. The number of hydrogen-bond donors (Lipinski definition) is 1. The Morgan fingerprint density at radius 1 is 1.38 bits per heavy atom. The zero-order valence-corrected chi connectivity index (χ0v) is 13.2. The first-order valence-corrected chi connectivity index (χ1v) is 7.81. The normalized spacial score (nSPS) is 33.4. The summed E-state index contributed by atoms with van der Waals surface area (Å²) in [5.74, 6) is 0.610. The van der Waals surface area contributed by atoms with Crippen LogP contribution in [-0.2, 0) is 4.79 Å². The molecule has 3 atom stereocenters. The molecule has 3 heterocycles. The van der Waals surface area contributed by atoms with Crippen LogP contribution in [0.15, 0.2) is 18.2 Å². The van der Waals surface area contributed by atoms with E-state index >= 15 is 0 Å². The summed E-state index contributed by atoms with van der Waals surface area (Å²) in [5.41, 5.74) is 3.83. The van der Waals surface area contributed by atoms with Gasteiger partial charge < -0.3 is 15.0 Å². The second-order valence-corrected chi connectivity index (χ2v) is 7.55. The highest BCUT2D eigenvalue weighted by molar-refractivity contribution is 6.06. The van der Waals surface area contributed by atoms with E-state index in [1.165, 1.54) is 11.3 Å². The third kappa shape index (κ3) is 1.64. The summed E-state index contributed by atoms with van der Waals surface area (Å²) >= 11 is 0. The van der Waals surface area contributed by atoms with Crippen LogP contribution in [0.2, 0.25) is 0 Å². The Morgan fingerprint density at radius 2 is 2.14 bits per heavy atom. The van der Waals surface area contributed by atoms with Crippen molar-refractivity contribution in [3.8, 4) is 0 Å². The summed E-state index contributed by atoms with van der Waals surface area (Å²) < 4.78 is 0. The van der Waals surface area contributed by atoms with E-state index in [-0.39, 0.29) is 17.4 Å². The molecule has 3 aliphatic heterocycles. The van der Waals surface area contributed by atoms with Gasteiger partial charge in [0, 0.05) is 12.0 Å². The second kappa shape index (κ2) is 4.04. The lowest BCUT2D eigenvalue weighted by Gasteiger charge is -2.51. The summed E-state index contributed by atoms with van der Waals surface area (Å²) in [7, 11) is 2.20. The van der Waals surface area contributed by atoms with Gasteiger partial charge in [-0.25, -0.2) is 0 Å². The van der Waals surface area contributed by atoms with Crippen LogP contribution in [-0.4, -0.2) is 43.9 Å². The fourth-order valence-electron chi connectivity index (χ4n) is 4.86. The highest BCUT2D eigenvalue weighted by atomic mass is 16.2. The molecule has 21 heavy (non-hydrogen) atoms. The van der Waals surface area contributed by atoms with Crippen molar-refractivity contribution >= 4 is 25.3 Å². The Morgan fingerprint density at radius 3 is 2.90 bits per heavy atom. The van der Waals surface area contributed by atoms with Crippen molar-refractivity contribution in [3.05, 3.63) is 23.8 Å². The first-order valence-electron chi connectivity index (χ1n) is 7.81. The molecule has 1 fully saturated rings. The molecule has 0 aliphatic carbocycles. The van der Waals surface area contributed by atoms with E-state index in [2.05, 4.69) is 49.0 Å². The maximum absolute atomic E-state index is 12.3. The molecule has 3 aliphatic rings. The van der Waals surface area contributed by atoms with Gasteiger partial charge in [0.25, 0.3) is 0 Å². The van der Waals surface area contributed by atoms with Crippen LogP contribution in [0.5, 0.6) is 0 Å². The fourth-order valence-corrected chi connectivity index (χ4v) is 4.86. The summed E-state index contributed by atoms with van der Waals surface area (Å²) in [6.45, 7) is 8.85. The van der Waals surface area contributed by atoms with E-state index in [9.17, 15) is 4.79 Å². The van der Waals surface area contributed by atoms with Gasteiger partial charge in [0.15, 0.2) is 7.98 Å². The van der Waals surface area contributed by atoms with Crippen molar-refractivity contribution in [2.45, 2.75) is 38.8 Å². The zero-order valence-electron chi connectivity index (χ0n) is 13.2. The van der Waals surface area contributed by atoms with Crippen molar-refractivity contribution < 1.29 is 4.79 Å². The number of rotatable bonds is 0. The van der Waals surface area contributed by atoms with Gasteiger partial charge in [-0.2, -0.15) is 0 Å². The lowest BCUT2D eigenvalue weighted by Crippen LogP contribution is -2.60. The van der Waals surface area contributed by atoms with Gasteiger partial charge in [0.2, 0.25) is 5.91 Å². The molecule has 1 saturated heterocycles. The molecular weight excluding hydrogens is 261 g/mol. The van der Waals surface area contributed by atoms with Gasteiger partial charge in [-0.15, -0.1) is 0 Å². The predicted octanol–water partition coefficient (Wildman–Crippen LogP) is 1.19. The van der Waals surface area contributed by atoms with Gasteiger partial charge in [-0.1, -0.05) is 26.0 Å². The van der Waals surface area contributed by atoms with Gasteiger partial charge in [-0.3, -0.25) is 4.79 Å². The van der Waals surface area contributed by atoms with Crippen LogP contribution in [0.25, 0.3) is 0 Å². The third-order valence-corrected chi connectivity index (χ3v) is 5.45. The minimum absolute atomic E-state index is 0.0867. The van der Waals surface area contributed by atoms with Crippen molar-refractivity contribution in [1.82, 2.24) is 4.81 Å². The predicted molar refractivity (Wildman–Crippen MR) is 87.4 cm³/mol. The fraction of sp³-hybridized carbons (Fsp3) is 0.562. The molecule has 1 N–H and O–H groups in total. The second-order valence-electron chi connectivity index (χ2n) is 7.55. The maximum Gasteiger partial charge on any atom is 0.246 e. The summed E-state index contributed by atoms with van der Waals surface area (Å²) in [4.78, 5) is 17.2. The van der Waals surface area contributed by atoms with E-state index in [1.807, 2.05) is 13.0 Å². The quantitative estimate of drug-likeness (QED) is 0.726. The number of benzene rings is 1. The Balaban J connectivity index is 1.93. The van der Waals surface area contributed by atoms with Gasteiger partial charge in [0.1, 0.15) is 6.04 Å². The number of carbonyl (C=O) groups is 1. The molecule has 1 aromatic carbocycles. The summed E-state index contributed by atoms with van der Waals surface area (Å²) in [6.07, 6.45) is 0. The van der Waals surface area contributed by atoms with Crippen LogP contribution in [0.1, 0.15) is 32.3 Å². The molecule has 1 amide bonds. The SMILES string of the molecule is BN1C[C@H]2c3cccc4c3N(C(C)C(=O)N4)[C@H]2C(C)(C)C1. The number of fused-ring (bicyclic) bond motifs is 3. The number of anilines is 2. The number of hydrogen-bond acceptors (Lipinski definition) is 3. The molecule has 1 aromatic rings. The van der Waals surface area contributed by atoms with Gasteiger partial charge >= 0.3 is 0 Å². The van der Waals surface area contributed by atoms with Crippen LogP contribution in [0.3, 0.4) is 0 Å². The Kier molecular flexibility index (Phi) is 2.54. The first kappa shape index (κ1) is 13.2. The lowest BCUT2D eigenvalue weighted by atomic mass is 9.71. The highest BCUT2D eigenvalue weighted by Crippen LogP contribution is 2.54. The van der Waals surface area contributed by atoms with Gasteiger partial charge in [-0.05, 0) is 37.1 Å². The molecule has 4 rings (SSSR count). The molecule has 4 nitrogen and oxygen atoms in total. The highest BCUT2D eigenvalue weighted by Gasteiger charge is 2.54. The molecule has 0 aromatic heterocycles. The monoisotopic (exact) mass is 283 g/mol. The van der Waals surface area contributed by atoms with Crippen molar-refractivity contribution in [1.29, 1.82) is 0 Å². The largest absolute Gasteiger partial charge is 0.354 e. The smallest absolute Gasteiger partial charge is 0.246 e. The lowest BCUT2D eigenvalue weighted by molar-refractivity contribution is -0.117. The minimum Gasteiger partial charge on any atom is -0.354 e. The average molecular weight is 283 g/mol. The molecule has 5 heteroatoms. The Hall–Kier alpha value is -1.49. The van der Waals surface area contributed by atoms with E-state index in [4.69, 9.17) is 0 Å². The number of piperidine rings is 1. The molecule has 110 valence electrons. The van der Waals surface area contributed by atoms with Crippen molar-refractivity contribution in [2.24, 2.45) is 5.41 Å². The topological polar surface area (TPSA) is 35.6 Å². The van der Waals surface area contributed by atoms with Crippen molar-refractivity contribution in [2.75, 3.05) is 23.3 Å². The maximum atomic E-state index is 12.3. The van der Waals surface area contributed by atoms with E-state index in [0.717, 1.165) is 18.8 Å². The number of carbonyl (C=O) groups excluding carboxylic acids is 1. The molecular formula is C16H22BN3O. The standard InChI is InChI=1S/C16H22BN3O/c1-9-15(21)18-12-6-4-5-10-11-7-19(17)8-16(2,3)14(11)20(9)13(10)12/h4-6,9,11,14H,7-8,17H2,1-3H3,(H,18,21)/t9?,11-,14+/m0/s1. The van der Waals surface area contributed by atoms with Crippen LogP contribution in [0, 0.1) is 5.41 Å². The van der Waals surface area contributed by atoms with Gasteiger partial charge in [0.05, 0.1) is 11.4 Å². The number of nitrogens with zero attached hydrogens (tertiary/aromatic N) is 2. The first-order chi connectivity index (χ1) is 9.90. The average Bonchev–Trinajstić information content (AvgIpc) is 2.72. The summed E-state index contributed by atoms with van der Waals surface area (Å²) in [6, 6.07) is 6.67.